The molecule has 0 unspecified atom stereocenters. The van der Waals surface area contributed by atoms with Crippen LogP contribution < -0.4 is 9.47 Å². The number of carbonyl (C=O) groups is 1. The summed E-state index contributed by atoms with van der Waals surface area (Å²) in [4.78, 5) is 11.0. The third-order valence-corrected chi connectivity index (χ3v) is 2.33. The topological polar surface area (TPSA) is 68.9 Å². The highest BCUT2D eigenvalue weighted by molar-refractivity contribution is 5.98. The lowest BCUT2D eigenvalue weighted by Crippen LogP contribution is -1.99. The van der Waals surface area contributed by atoms with Crippen LogP contribution in [0.5, 0.6) is 11.5 Å². The Morgan fingerprint density at radius 3 is 2.82 bits per heavy atom. The number of carboxylic acid groups (broad SMARTS) is 1. The van der Waals surface area contributed by atoms with Gasteiger partial charge < -0.3 is 19.0 Å². The van der Waals surface area contributed by atoms with Crippen molar-refractivity contribution in [3.8, 4) is 11.5 Å². The van der Waals surface area contributed by atoms with Gasteiger partial charge in [-0.25, -0.2) is 4.79 Å². The van der Waals surface area contributed by atoms with Crippen molar-refractivity contribution in [3.05, 3.63) is 24.0 Å². The quantitative estimate of drug-likeness (QED) is 0.883. The van der Waals surface area contributed by atoms with E-state index in [2.05, 4.69) is 0 Å². The minimum Gasteiger partial charge on any atom is -0.497 e. The average Bonchev–Trinajstić information content (AvgIpc) is 2.68. The van der Waals surface area contributed by atoms with Crippen LogP contribution in [0.3, 0.4) is 0 Å². The number of benzene rings is 1. The third-order valence-electron chi connectivity index (χ3n) is 2.33. The monoisotopic (exact) mass is 236 g/mol. The Morgan fingerprint density at radius 1 is 1.47 bits per heavy atom. The molecule has 2 aromatic rings. The van der Waals surface area contributed by atoms with E-state index in [0.717, 1.165) is 0 Å². The van der Waals surface area contributed by atoms with E-state index in [1.165, 1.54) is 0 Å². The lowest BCUT2D eigenvalue weighted by Gasteiger charge is -2.02. The fourth-order valence-electron chi connectivity index (χ4n) is 1.61. The number of hydrogen-bond donors (Lipinski definition) is 1. The molecule has 0 spiro atoms. The minimum atomic E-state index is -1.15. The number of hydrogen-bond acceptors (Lipinski definition) is 4. The summed E-state index contributed by atoms with van der Waals surface area (Å²) >= 11 is 0. The molecule has 5 heteroatoms. The second-order valence-corrected chi connectivity index (χ2v) is 3.36. The molecule has 90 valence electrons. The highest BCUT2D eigenvalue weighted by atomic mass is 16.5. The molecule has 0 aliphatic heterocycles. The van der Waals surface area contributed by atoms with Crippen LogP contribution in [0.4, 0.5) is 0 Å². The SMILES string of the molecule is CCOc1c(C(=O)O)oc2ccc(OC)cc12. The Bertz CT molecular complexity index is 555. The van der Waals surface area contributed by atoms with Gasteiger partial charge in [0.25, 0.3) is 5.76 Å². The number of rotatable bonds is 4. The van der Waals surface area contributed by atoms with E-state index >= 15 is 0 Å². The van der Waals surface area contributed by atoms with Gasteiger partial charge in [0.1, 0.15) is 11.3 Å². The molecular weight excluding hydrogens is 224 g/mol. The molecule has 0 aliphatic carbocycles. The average molecular weight is 236 g/mol. The summed E-state index contributed by atoms with van der Waals surface area (Å²) in [5.41, 5.74) is 0.464. The fourth-order valence-corrected chi connectivity index (χ4v) is 1.61. The second kappa shape index (κ2) is 4.37. The zero-order valence-electron chi connectivity index (χ0n) is 9.52. The summed E-state index contributed by atoms with van der Waals surface area (Å²) in [5.74, 6) is -0.469. The maximum absolute atomic E-state index is 11.0. The van der Waals surface area contributed by atoms with E-state index in [0.29, 0.717) is 23.3 Å². The molecular formula is C12H12O5. The van der Waals surface area contributed by atoms with Gasteiger partial charge in [0, 0.05) is 0 Å². The van der Waals surface area contributed by atoms with Gasteiger partial charge in [-0.2, -0.15) is 0 Å². The molecule has 0 saturated heterocycles. The van der Waals surface area contributed by atoms with Crippen LogP contribution in [0.15, 0.2) is 22.6 Å². The first kappa shape index (κ1) is 11.3. The zero-order valence-corrected chi connectivity index (χ0v) is 9.52. The number of aromatic carboxylic acids is 1. The van der Waals surface area contributed by atoms with Crippen LogP contribution in [0, 0.1) is 0 Å². The maximum Gasteiger partial charge on any atom is 0.375 e. The van der Waals surface area contributed by atoms with Gasteiger partial charge in [-0.05, 0) is 25.1 Å². The molecule has 1 N–H and O–H groups in total. The molecule has 0 aliphatic rings. The summed E-state index contributed by atoms with van der Waals surface area (Å²) in [6, 6.07) is 5.05. The third kappa shape index (κ3) is 1.91. The zero-order chi connectivity index (χ0) is 12.4. The molecule has 1 heterocycles. The first-order valence-electron chi connectivity index (χ1n) is 5.14. The van der Waals surface area contributed by atoms with E-state index in [1.54, 1.807) is 32.2 Å². The summed E-state index contributed by atoms with van der Waals surface area (Å²) in [6.07, 6.45) is 0. The van der Waals surface area contributed by atoms with Gasteiger partial charge in [-0.1, -0.05) is 0 Å². The van der Waals surface area contributed by atoms with Crippen LogP contribution in [0.2, 0.25) is 0 Å². The van der Waals surface area contributed by atoms with Gasteiger partial charge in [0.2, 0.25) is 0 Å². The van der Waals surface area contributed by atoms with Crippen molar-refractivity contribution in [1.29, 1.82) is 0 Å². The van der Waals surface area contributed by atoms with Crippen molar-refractivity contribution >= 4 is 16.9 Å². The minimum absolute atomic E-state index is 0.185. The normalized spacial score (nSPS) is 10.5. The smallest absolute Gasteiger partial charge is 0.375 e. The van der Waals surface area contributed by atoms with Crippen molar-refractivity contribution < 1.29 is 23.8 Å². The van der Waals surface area contributed by atoms with Crippen molar-refractivity contribution in [2.75, 3.05) is 13.7 Å². The Labute approximate surface area is 97.6 Å². The number of furan rings is 1. The van der Waals surface area contributed by atoms with E-state index in [1.807, 2.05) is 0 Å². The molecule has 17 heavy (non-hydrogen) atoms. The fraction of sp³-hybridized carbons (Fsp3) is 0.250. The second-order valence-electron chi connectivity index (χ2n) is 3.36. The predicted octanol–water partition coefficient (Wildman–Crippen LogP) is 2.54. The Balaban J connectivity index is 2.67. The summed E-state index contributed by atoms with van der Waals surface area (Å²) in [7, 11) is 1.54. The summed E-state index contributed by atoms with van der Waals surface area (Å²) < 4.78 is 15.6. The Hall–Kier alpha value is -2.17. The van der Waals surface area contributed by atoms with Crippen LogP contribution >= 0.6 is 0 Å². The lowest BCUT2D eigenvalue weighted by atomic mass is 10.2. The molecule has 0 saturated carbocycles. The van der Waals surface area contributed by atoms with Gasteiger partial charge in [-0.15, -0.1) is 0 Å². The van der Waals surface area contributed by atoms with Crippen molar-refractivity contribution in [2.24, 2.45) is 0 Å². The van der Waals surface area contributed by atoms with E-state index in [9.17, 15) is 4.79 Å². The van der Waals surface area contributed by atoms with Crippen LogP contribution in [-0.2, 0) is 0 Å². The van der Waals surface area contributed by atoms with Crippen LogP contribution in [-0.4, -0.2) is 24.8 Å². The molecule has 1 aromatic heterocycles. The molecule has 2 rings (SSSR count). The van der Waals surface area contributed by atoms with Crippen molar-refractivity contribution in [3.63, 3.8) is 0 Å². The number of carboxylic acids is 1. The lowest BCUT2D eigenvalue weighted by molar-refractivity contribution is 0.0659. The number of ether oxygens (including phenoxy) is 2. The molecule has 0 bridgehead atoms. The first-order valence-corrected chi connectivity index (χ1v) is 5.14. The standard InChI is InChI=1S/C12H12O5/c1-3-16-10-8-6-7(15-2)4-5-9(8)17-11(10)12(13)14/h4-6H,3H2,1-2H3,(H,13,14). The highest BCUT2D eigenvalue weighted by Gasteiger charge is 2.21. The van der Waals surface area contributed by atoms with E-state index < -0.39 is 5.97 Å². The maximum atomic E-state index is 11.0. The molecule has 0 fully saturated rings. The summed E-state index contributed by atoms with van der Waals surface area (Å²) in [5, 5.41) is 9.62. The van der Waals surface area contributed by atoms with Crippen molar-refractivity contribution in [2.45, 2.75) is 6.92 Å². The summed E-state index contributed by atoms with van der Waals surface area (Å²) in [6.45, 7) is 2.15. The largest absolute Gasteiger partial charge is 0.497 e. The predicted molar refractivity (Wildman–Crippen MR) is 60.9 cm³/mol. The van der Waals surface area contributed by atoms with Gasteiger partial charge in [0.15, 0.2) is 5.75 Å². The van der Waals surface area contributed by atoms with Crippen molar-refractivity contribution in [1.82, 2.24) is 0 Å². The van der Waals surface area contributed by atoms with E-state index in [4.69, 9.17) is 19.0 Å². The molecule has 5 nitrogen and oxygen atoms in total. The Kier molecular flexibility index (Phi) is 2.91. The van der Waals surface area contributed by atoms with Gasteiger partial charge in [0.05, 0.1) is 19.1 Å². The highest BCUT2D eigenvalue weighted by Crippen LogP contribution is 2.35. The van der Waals surface area contributed by atoms with Crippen LogP contribution in [0.1, 0.15) is 17.5 Å². The van der Waals surface area contributed by atoms with Crippen LogP contribution in [0.25, 0.3) is 11.0 Å². The first-order chi connectivity index (χ1) is 8.17. The van der Waals surface area contributed by atoms with Gasteiger partial charge >= 0.3 is 5.97 Å². The molecule has 1 aromatic carbocycles. The number of fused-ring (bicyclic) bond motifs is 1. The number of methoxy groups -OCH3 is 1. The molecule has 0 radical (unpaired) electrons. The van der Waals surface area contributed by atoms with E-state index in [-0.39, 0.29) is 11.5 Å². The molecule has 0 amide bonds. The Morgan fingerprint density at radius 2 is 2.24 bits per heavy atom. The van der Waals surface area contributed by atoms with Gasteiger partial charge in [-0.3, -0.25) is 0 Å². The molecule has 0 atom stereocenters.